The molecule has 108 valence electrons. The first kappa shape index (κ1) is 13.9. The van der Waals surface area contributed by atoms with Gasteiger partial charge in [0.2, 0.25) is 5.91 Å². The summed E-state index contributed by atoms with van der Waals surface area (Å²) in [5.74, 6) is -0.382. The summed E-state index contributed by atoms with van der Waals surface area (Å²) in [6.07, 6.45) is 5.04. The Labute approximate surface area is 127 Å². The van der Waals surface area contributed by atoms with Gasteiger partial charge in [0.15, 0.2) is 0 Å². The topological polar surface area (TPSA) is 58.4 Å². The van der Waals surface area contributed by atoms with Crippen LogP contribution < -0.4 is 16.0 Å². The van der Waals surface area contributed by atoms with Gasteiger partial charge in [0.25, 0.3) is 0 Å². The minimum absolute atomic E-state index is 0.382. The second-order valence-corrected chi connectivity index (χ2v) is 6.56. The Morgan fingerprint density at radius 1 is 1.40 bits per heavy atom. The second-order valence-electron chi connectivity index (χ2n) is 5.71. The Kier molecular flexibility index (Phi) is 3.98. The molecule has 0 aromatic heterocycles. The zero-order valence-electron chi connectivity index (χ0n) is 11.4. The maximum atomic E-state index is 11.2. The number of nitrogens with two attached hydrogens (primary N) is 1. The van der Waals surface area contributed by atoms with Crippen molar-refractivity contribution < 1.29 is 4.79 Å². The number of hydrogen-bond acceptors (Lipinski definition) is 3. The molecule has 1 aromatic rings. The lowest BCUT2D eigenvalue weighted by atomic mass is 10.1. The molecule has 1 heterocycles. The molecule has 2 aliphatic rings. The van der Waals surface area contributed by atoms with E-state index in [2.05, 4.69) is 26.1 Å². The molecule has 5 heteroatoms. The molecule has 3 rings (SSSR count). The number of amides is 1. The van der Waals surface area contributed by atoms with Gasteiger partial charge in [-0.25, -0.2) is 0 Å². The van der Waals surface area contributed by atoms with E-state index < -0.39 is 0 Å². The maximum Gasteiger partial charge on any atom is 0.248 e. The molecule has 1 aliphatic carbocycles. The summed E-state index contributed by atoms with van der Waals surface area (Å²) >= 11 is 3.59. The summed E-state index contributed by atoms with van der Waals surface area (Å²) in [4.78, 5) is 13.7. The lowest BCUT2D eigenvalue weighted by Crippen LogP contribution is -2.39. The van der Waals surface area contributed by atoms with Gasteiger partial charge in [-0.15, -0.1) is 0 Å². The van der Waals surface area contributed by atoms with E-state index in [9.17, 15) is 4.79 Å². The number of hydrogen-bond donors (Lipinski definition) is 2. The highest BCUT2D eigenvalue weighted by Crippen LogP contribution is 2.36. The average Bonchev–Trinajstić information content (AvgIpc) is 3.14. The molecule has 1 saturated heterocycles. The first-order valence-corrected chi connectivity index (χ1v) is 8.04. The van der Waals surface area contributed by atoms with Crippen molar-refractivity contribution in [2.75, 3.05) is 18.0 Å². The minimum atomic E-state index is -0.382. The lowest BCUT2D eigenvalue weighted by Gasteiger charge is -2.29. The largest absolute Gasteiger partial charge is 0.366 e. The fourth-order valence-corrected chi connectivity index (χ4v) is 3.48. The first-order chi connectivity index (χ1) is 9.65. The van der Waals surface area contributed by atoms with Gasteiger partial charge in [-0.05, 0) is 66.4 Å². The van der Waals surface area contributed by atoms with Crippen molar-refractivity contribution in [3.05, 3.63) is 28.2 Å². The highest BCUT2D eigenvalue weighted by molar-refractivity contribution is 9.10. The third-order valence-corrected chi connectivity index (χ3v) is 4.74. The van der Waals surface area contributed by atoms with Crippen LogP contribution in [0.4, 0.5) is 5.69 Å². The standard InChI is InChI=1S/C15H20BrN3O/c16-13-8-10(15(17)20)3-6-14(13)19(12-4-5-12)9-11-2-1-7-18-11/h3,6,8,11-12,18H,1-2,4-5,7,9H2,(H2,17,20). The fourth-order valence-electron chi connectivity index (χ4n) is 2.87. The van der Waals surface area contributed by atoms with Crippen LogP contribution >= 0.6 is 15.9 Å². The molecule has 2 fully saturated rings. The molecule has 4 nitrogen and oxygen atoms in total. The summed E-state index contributed by atoms with van der Waals surface area (Å²) in [5, 5.41) is 3.56. The number of anilines is 1. The maximum absolute atomic E-state index is 11.2. The average molecular weight is 338 g/mol. The Morgan fingerprint density at radius 2 is 2.20 bits per heavy atom. The van der Waals surface area contributed by atoms with Gasteiger partial charge in [-0.3, -0.25) is 4.79 Å². The van der Waals surface area contributed by atoms with E-state index in [1.165, 1.54) is 31.4 Å². The van der Waals surface area contributed by atoms with Crippen molar-refractivity contribution >= 4 is 27.5 Å². The number of nitrogens with zero attached hydrogens (tertiary/aromatic N) is 1. The van der Waals surface area contributed by atoms with Crippen LogP contribution in [-0.4, -0.2) is 31.1 Å². The number of halogens is 1. The molecule has 0 bridgehead atoms. The molecule has 1 aliphatic heterocycles. The Balaban J connectivity index is 1.81. The third-order valence-electron chi connectivity index (χ3n) is 4.11. The van der Waals surface area contributed by atoms with E-state index in [4.69, 9.17) is 5.73 Å². The van der Waals surface area contributed by atoms with E-state index >= 15 is 0 Å². The second kappa shape index (κ2) is 5.74. The zero-order chi connectivity index (χ0) is 14.1. The molecular weight excluding hydrogens is 318 g/mol. The van der Waals surface area contributed by atoms with E-state index in [-0.39, 0.29) is 5.91 Å². The predicted octanol–water partition coefficient (Wildman–Crippen LogP) is 2.27. The molecule has 20 heavy (non-hydrogen) atoms. The summed E-state index contributed by atoms with van der Waals surface area (Å²) < 4.78 is 0.957. The summed E-state index contributed by atoms with van der Waals surface area (Å²) in [7, 11) is 0. The fraction of sp³-hybridized carbons (Fsp3) is 0.533. The Bertz CT molecular complexity index is 510. The SMILES string of the molecule is NC(=O)c1ccc(N(CC2CCCN2)C2CC2)c(Br)c1. The molecule has 1 saturated carbocycles. The minimum Gasteiger partial charge on any atom is -0.366 e. The van der Waals surface area contributed by atoms with Gasteiger partial charge in [-0.1, -0.05) is 0 Å². The van der Waals surface area contributed by atoms with Gasteiger partial charge in [0.05, 0.1) is 5.69 Å². The molecule has 0 spiro atoms. The highest BCUT2D eigenvalue weighted by Gasteiger charge is 2.32. The predicted molar refractivity (Wildman–Crippen MR) is 84.1 cm³/mol. The van der Waals surface area contributed by atoms with Crippen molar-refractivity contribution in [3.63, 3.8) is 0 Å². The lowest BCUT2D eigenvalue weighted by molar-refractivity contribution is 0.100. The molecular formula is C15H20BrN3O. The van der Waals surface area contributed by atoms with Gasteiger partial charge < -0.3 is 16.0 Å². The van der Waals surface area contributed by atoms with Crippen molar-refractivity contribution in [3.8, 4) is 0 Å². The van der Waals surface area contributed by atoms with Crippen molar-refractivity contribution in [2.45, 2.75) is 37.8 Å². The van der Waals surface area contributed by atoms with E-state index in [1.54, 1.807) is 0 Å². The summed E-state index contributed by atoms with van der Waals surface area (Å²) in [5.41, 5.74) is 7.05. The first-order valence-electron chi connectivity index (χ1n) is 7.24. The summed E-state index contributed by atoms with van der Waals surface area (Å²) in [6.45, 7) is 2.17. The third kappa shape index (κ3) is 2.99. The number of carbonyl (C=O) groups is 1. The van der Waals surface area contributed by atoms with Crippen LogP contribution in [0.5, 0.6) is 0 Å². The number of carbonyl (C=O) groups excluding carboxylic acids is 1. The van der Waals surface area contributed by atoms with Crippen LogP contribution in [0.25, 0.3) is 0 Å². The van der Waals surface area contributed by atoms with Gasteiger partial charge in [-0.2, -0.15) is 0 Å². The molecule has 3 N–H and O–H groups in total. The number of primary amides is 1. The normalized spacial score (nSPS) is 21.9. The quantitative estimate of drug-likeness (QED) is 0.866. The Morgan fingerprint density at radius 3 is 2.75 bits per heavy atom. The van der Waals surface area contributed by atoms with E-state index in [0.717, 1.165) is 17.6 Å². The molecule has 1 atom stereocenters. The number of nitrogens with one attached hydrogen (secondary N) is 1. The van der Waals surface area contributed by atoms with E-state index in [1.807, 2.05) is 18.2 Å². The molecule has 0 radical (unpaired) electrons. The zero-order valence-corrected chi connectivity index (χ0v) is 13.0. The van der Waals surface area contributed by atoms with Crippen LogP contribution in [0, 0.1) is 0 Å². The van der Waals surface area contributed by atoms with Crippen LogP contribution in [0.15, 0.2) is 22.7 Å². The highest BCUT2D eigenvalue weighted by atomic mass is 79.9. The Hall–Kier alpha value is -1.07. The van der Waals surface area contributed by atoms with Gasteiger partial charge in [0, 0.05) is 28.7 Å². The van der Waals surface area contributed by atoms with Crippen LogP contribution in [-0.2, 0) is 0 Å². The van der Waals surface area contributed by atoms with Crippen LogP contribution in [0.2, 0.25) is 0 Å². The number of rotatable bonds is 5. The van der Waals surface area contributed by atoms with Crippen molar-refractivity contribution in [1.29, 1.82) is 0 Å². The molecule has 1 aromatic carbocycles. The van der Waals surface area contributed by atoms with Crippen LogP contribution in [0.1, 0.15) is 36.0 Å². The summed E-state index contributed by atoms with van der Waals surface area (Å²) in [6, 6.07) is 6.89. The monoisotopic (exact) mass is 337 g/mol. The van der Waals surface area contributed by atoms with Crippen molar-refractivity contribution in [2.24, 2.45) is 5.73 Å². The van der Waals surface area contributed by atoms with E-state index in [0.29, 0.717) is 17.6 Å². The van der Waals surface area contributed by atoms with Gasteiger partial charge in [0.1, 0.15) is 0 Å². The van der Waals surface area contributed by atoms with Crippen LogP contribution in [0.3, 0.4) is 0 Å². The van der Waals surface area contributed by atoms with Crippen molar-refractivity contribution in [1.82, 2.24) is 5.32 Å². The van der Waals surface area contributed by atoms with Gasteiger partial charge >= 0.3 is 0 Å². The number of benzene rings is 1. The molecule has 1 amide bonds. The smallest absolute Gasteiger partial charge is 0.248 e. The molecule has 1 unspecified atom stereocenters.